The number of carboxylic acid groups (broad SMARTS) is 1. The first kappa shape index (κ1) is 13.5. The first-order chi connectivity index (χ1) is 9.02. The Bertz CT molecular complexity index is 539. The van der Waals surface area contributed by atoms with Gasteiger partial charge in [-0.05, 0) is 37.6 Å². The van der Waals surface area contributed by atoms with E-state index in [1.165, 1.54) is 12.1 Å². The molecule has 0 amide bonds. The van der Waals surface area contributed by atoms with E-state index in [1.807, 2.05) is 17.9 Å². The Balaban J connectivity index is 2.11. The van der Waals surface area contributed by atoms with Crippen molar-refractivity contribution in [3.05, 3.63) is 35.1 Å². The molecule has 19 heavy (non-hydrogen) atoms. The first-order valence-electron chi connectivity index (χ1n) is 6.18. The van der Waals surface area contributed by atoms with E-state index in [-0.39, 0.29) is 17.5 Å². The number of nitriles is 1. The highest BCUT2D eigenvalue weighted by atomic mass is 19.1. The highest BCUT2D eigenvalue weighted by molar-refractivity contribution is 5.71. The molecule has 1 saturated heterocycles. The number of hydrogen-bond donors (Lipinski definition) is 1. The summed E-state index contributed by atoms with van der Waals surface area (Å²) >= 11 is 0. The second-order valence-corrected chi connectivity index (χ2v) is 4.87. The minimum absolute atomic E-state index is 0.0270. The van der Waals surface area contributed by atoms with Crippen LogP contribution in [0.1, 0.15) is 24.5 Å². The fraction of sp³-hybridized carbons (Fsp3) is 0.429. The van der Waals surface area contributed by atoms with E-state index < -0.39 is 11.8 Å². The first-order valence-corrected chi connectivity index (χ1v) is 6.18. The number of rotatable bonds is 3. The van der Waals surface area contributed by atoms with E-state index in [1.54, 1.807) is 6.07 Å². The molecule has 0 saturated carbocycles. The maximum Gasteiger partial charge on any atom is 0.308 e. The highest BCUT2D eigenvalue weighted by Gasteiger charge is 2.35. The van der Waals surface area contributed by atoms with Gasteiger partial charge in [-0.25, -0.2) is 4.39 Å². The average Bonchev–Trinajstić information content (AvgIpc) is 2.73. The number of aliphatic carboxylic acids is 1. The summed E-state index contributed by atoms with van der Waals surface area (Å²) in [6.45, 7) is 3.14. The Hall–Kier alpha value is -1.93. The molecule has 2 rings (SSSR count). The Morgan fingerprint density at radius 3 is 2.95 bits per heavy atom. The lowest BCUT2D eigenvalue weighted by atomic mass is 10.0. The van der Waals surface area contributed by atoms with Crippen molar-refractivity contribution in [1.82, 2.24) is 4.90 Å². The summed E-state index contributed by atoms with van der Waals surface area (Å²) in [4.78, 5) is 13.1. The third-order valence-electron chi connectivity index (χ3n) is 3.74. The zero-order valence-electron chi connectivity index (χ0n) is 10.6. The molecule has 5 heteroatoms. The molecule has 2 atom stereocenters. The van der Waals surface area contributed by atoms with Crippen molar-refractivity contribution >= 4 is 5.97 Å². The molecular weight excluding hydrogens is 247 g/mol. The van der Waals surface area contributed by atoms with Gasteiger partial charge in [0.2, 0.25) is 0 Å². The molecule has 0 bridgehead atoms. The Morgan fingerprint density at radius 2 is 2.37 bits per heavy atom. The van der Waals surface area contributed by atoms with Crippen LogP contribution < -0.4 is 0 Å². The van der Waals surface area contributed by atoms with Crippen molar-refractivity contribution in [3.8, 4) is 6.07 Å². The molecule has 0 radical (unpaired) electrons. The summed E-state index contributed by atoms with van der Waals surface area (Å²) in [5, 5.41) is 17.9. The molecule has 0 aromatic heterocycles. The van der Waals surface area contributed by atoms with Gasteiger partial charge in [0.1, 0.15) is 11.9 Å². The number of likely N-dealkylation sites (tertiary alicyclic amines) is 1. The molecule has 1 heterocycles. The Morgan fingerprint density at radius 1 is 1.63 bits per heavy atom. The van der Waals surface area contributed by atoms with E-state index in [4.69, 9.17) is 10.4 Å². The quantitative estimate of drug-likeness (QED) is 0.904. The van der Waals surface area contributed by atoms with Crippen LogP contribution in [0.5, 0.6) is 0 Å². The number of carboxylic acids is 1. The van der Waals surface area contributed by atoms with Gasteiger partial charge in [0, 0.05) is 12.6 Å². The zero-order chi connectivity index (χ0) is 14.0. The van der Waals surface area contributed by atoms with Crippen molar-refractivity contribution in [2.45, 2.75) is 25.9 Å². The molecule has 1 aliphatic rings. The van der Waals surface area contributed by atoms with Crippen LogP contribution in [0, 0.1) is 23.1 Å². The van der Waals surface area contributed by atoms with Crippen LogP contribution >= 0.6 is 0 Å². The monoisotopic (exact) mass is 262 g/mol. The van der Waals surface area contributed by atoms with Gasteiger partial charge in [-0.3, -0.25) is 9.69 Å². The summed E-state index contributed by atoms with van der Waals surface area (Å²) in [5.74, 6) is -1.65. The molecule has 1 aromatic rings. The molecule has 100 valence electrons. The van der Waals surface area contributed by atoms with Gasteiger partial charge in [-0.2, -0.15) is 5.26 Å². The number of hydrogen-bond acceptors (Lipinski definition) is 3. The maximum absolute atomic E-state index is 13.2. The largest absolute Gasteiger partial charge is 0.481 e. The minimum Gasteiger partial charge on any atom is -0.481 e. The molecular formula is C14H15FN2O2. The van der Waals surface area contributed by atoms with E-state index in [9.17, 15) is 9.18 Å². The van der Waals surface area contributed by atoms with Gasteiger partial charge in [-0.15, -0.1) is 0 Å². The predicted molar refractivity (Wildman–Crippen MR) is 66.7 cm³/mol. The topological polar surface area (TPSA) is 64.3 Å². The van der Waals surface area contributed by atoms with Crippen molar-refractivity contribution in [2.24, 2.45) is 5.92 Å². The Kier molecular flexibility index (Phi) is 3.82. The highest BCUT2D eigenvalue weighted by Crippen LogP contribution is 2.26. The molecule has 1 N–H and O–H groups in total. The lowest BCUT2D eigenvalue weighted by Gasteiger charge is -2.23. The molecule has 1 aromatic carbocycles. The third-order valence-corrected chi connectivity index (χ3v) is 3.74. The molecule has 0 aliphatic carbocycles. The summed E-state index contributed by atoms with van der Waals surface area (Å²) in [7, 11) is 0. The van der Waals surface area contributed by atoms with Gasteiger partial charge in [0.05, 0.1) is 11.5 Å². The summed E-state index contributed by atoms with van der Waals surface area (Å²) < 4.78 is 13.2. The van der Waals surface area contributed by atoms with E-state index in [0.29, 0.717) is 19.5 Å². The second kappa shape index (κ2) is 5.37. The smallest absolute Gasteiger partial charge is 0.308 e. The Labute approximate surface area is 111 Å². The van der Waals surface area contributed by atoms with E-state index >= 15 is 0 Å². The normalized spacial score (nSPS) is 23.2. The zero-order valence-corrected chi connectivity index (χ0v) is 10.6. The average molecular weight is 262 g/mol. The van der Waals surface area contributed by atoms with Crippen LogP contribution in [0.2, 0.25) is 0 Å². The van der Waals surface area contributed by atoms with Gasteiger partial charge >= 0.3 is 5.97 Å². The van der Waals surface area contributed by atoms with Crippen LogP contribution in [0.3, 0.4) is 0 Å². The number of halogens is 1. The van der Waals surface area contributed by atoms with E-state index in [2.05, 4.69) is 0 Å². The molecule has 1 fully saturated rings. The third kappa shape index (κ3) is 2.74. The number of benzene rings is 1. The minimum atomic E-state index is -0.771. The number of nitrogens with zero attached hydrogens (tertiary/aromatic N) is 2. The van der Waals surface area contributed by atoms with Crippen molar-refractivity contribution in [3.63, 3.8) is 0 Å². The standard InChI is InChI=1S/C14H15FN2O2/c1-9-12(14(18)19)4-5-17(9)8-10-2-3-13(15)11(6-10)7-16/h2-3,6,9,12H,4-5,8H2,1H3,(H,18,19). The van der Waals surface area contributed by atoms with Crippen LogP contribution in [0.25, 0.3) is 0 Å². The van der Waals surface area contributed by atoms with Gasteiger partial charge in [0.15, 0.2) is 0 Å². The summed E-state index contributed by atoms with van der Waals surface area (Å²) in [6, 6.07) is 6.20. The van der Waals surface area contributed by atoms with Crippen LogP contribution in [-0.2, 0) is 11.3 Å². The van der Waals surface area contributed by atoms with Crippen molar-refractivity contribution in [2.75, 3.05) is 6.54 Å². The molecule has 1 aliphatic heterocycles. The van der Waals surface area contributed by atoms with Crippen LogP contribution in [0.4, 0.5) is 4.39 Å². The number of carbonyl (C=O) groups is 1. The van der Waals surface area contributed by atoms with Gasteiger partial charge < -0.3 is 5.11 Å². The summed E-state index contributed by atoms with van der Waals surface area (Å²) in [6.07, 6.45) is 0.628. The molecule has 0 spiro atoms. The van der Waals surface area contributed by atoms with Crippen LogP contribution in [0.15, 0.2) is 18.2 Å². The van der Waals surface area contributed by atoms with Crippen molar-refractivity contribution < 1.29 is 14.3 Å². The van der Waals surface area contributed by atoms with Gasteiger partial charge in [-0.1, -0.05) is 6.07 Å². The summed E-state index contributed by atoms with van der Waals surface area (Å²) in [5.41, 5.74) is 0.856. The molecule has 2 unspecified atom stereocenters. The van der Waals surface area contributed by atoms with Crippen LogP contribution in [-0.4, -0.2) is 28.6 Å². The van der Waals surface area contributed by atoms with E-state index in [0.717, 1.165) is 5.56 Å². The predicted octanol–water partition coefficient (Wildman–Crippen LogP) is 1.99. The molecule has 4 nitrogen and oxygen atoms in total. The second-order valence-electron chi connectivity index (χ2n) is 4.87. The lowest BCUT2D eigenvalue weighted by molar-refractivity contribution is -0.142. The lowest BCUT2D eigenvalue weighted by Crippen LogP contribution is -2.32. The fourth-order valence-electron chi connectivity index (χ4n) is 2.55. The SMILES string of the molecule is CC1C(C(=O)O)CCN1Cc1ccc(F)c(C#N)c1. The fourth-order valence-corrected chi connectivity index (χ4v) is 2.55. The maximum atomic E-state index is 13.2. The van der Waals surface area contributed by atoms with Crippen molar-refractivity contribution in [1.29, 1.82) is 5.26 Å². The van der Waals surface area contributed by atoms with Gasteiger partial charge in [0.25, 0.3) is 0 Å².